The molecule has 1 aliphatic rings. The largest absolute Gasteiger partial charge is 0.285 e. The minimum atomic E-state index is -1.73. The summed E-state index contributed by atoms with van der Waals surface area (Å²) in [5.74, 6) is -4.17. The lowest BCUT2D eigenvalue weighted by atomic mass is 9.67. The second-order valence-corrected chi connectivity index (χ2v) is 11.9. The molecule has 0 bridgehead atoms. The lowest BCUT2D eigenvalue weighted by Gasteiger charge is -2.34. The second-order valence-electron chi connectivity index (χ2n) is 11.9. The van der Waals surface area contributed by atoms with Crippen LogP contribution in [0.2, 0.25) is 0 Å². The topological polar surface area (TPSA) is 112 Å². The average molecular weight is 675 g/mol. The van der Waals surface area contributed by atoms with Crippen molar-refractivity contribution < 1.29 is 17.6 Å². The third-order valence-electron chi connectivity index (χ3n) is 7.33. The van der Waals surface area contributed by atoms with Crippen LogP contribution in [0, 0.1) is 23.3 Å². The first-order valence-corrected chi connectivity index (χ1v) is 14.9. The van der Waals surface area contributed by atoms with Gasteiger partial charge < -0.3 is 0 Å². The molecule has 0 spiro atoms. The van der Waals surface area contributed by atoms with Crippen molar-refractivity contribution in [2.75, 3.05) is 56.4 Å². The molecule has 0 amide bonds. The van der Waals surface area contributed by atoms with E-state index in [4.69, 9.17) is 0 Å². The van der Waals surface area contributed by atoms with Gasteiger partial charge in [0.15, 0.2) is 34.6 Å². The lowest BCUT2D eigenvalue weighted by molar-refractivity contribution is 0.405. The molecule has 0 radical (unpaired) electrons. The summed E-state index contributed by atoms with van der Waals surface area (Å²) >= 11 is 0. The number of hydrogen-bond acceptors (Lipinski definition) is 8. The first-order valence-electron chi connectivity index (χ1n) is 14.9. The maximum Gasteiger partial charge on any atom is 0.159 e. The quantitative estimate of drug-likeness (QED) is 0.0837. The minimum Gasteiger partial charge on any atom is -0.285 e. The van der Waals surface area contributed by atoms with Crippen LogP contribution >= 0.6 is 0 Å². The first-order chi connectivity index (χ1) is 23.2. The molecule has 0 unspecified atom stereocenters. The van der Waals surface area contributed by atoms with E-state index in [0.717, 1.165) is 24.3 Å². The molecule has 4 aromatic carbocycles. The number of nitrogens with zero attached hydrogens (tertiary/aromatic N) is 12. The van der Waals surface area contributed by atoms with Crippen molar-refractivity contribution in [3.05, 3.63) is 106 Å². The van der Waals surface area contributed by atoms with Gasteiger partial charge in [-0.05, 0) is 81.9 Å². The maximum absolute atomic E-state index is 16.0. The van der Waals surface area contributed by atoms with E-state index >= 15 is 17.6 Å². The van der Waals surface area contributed by atoms with Gasteiger partial charge in [-0.2, -0.15) is 0 Å². The average Bonchev–Trinajstić information content (AvgIpc) is 3.31. The molecule has 1 aliphatic carbocycles. The van der Waals surface area contributed by atoms with Crippen LogP contribution in [-0.4, -0.2) is 76.4 Å². The van der Waals surface area contributed by atoms with Crippen molar-refractivity contribution in [2.45, 2.75) is 5.41 Å². The predicted octanol–water partition coefficient (Wildman–Crippen LogP) is 8.85. The van der Waals surface area contributed by atoms with E-state index in [9.17, 15) is 0 Å². The Morgan fingerprint density at radius 2 is 0.735 bits per heavy atom. The van der Waals surface area contributed by atoms with Crippen LogP contribution < -0.4 is 0 Å². The molecule has 254 valence electrons. The Kier molecular flexibility index (Phi) is 9.68. The highest BCUT2D eigenvalue weighted by atomic mass is 19.1. The van der Waals surface area contributed by atoms with Gasteiger partial charge in [-0.3, -0.25) is 20.0 Å². The Morgan fingerprint density at radius 1 is 0.429 bits per heavy atom. The van der Waals surface area contributed by atoms with Gasteiger partial charge in [0, 0.05) is 56.4 Å². The summed E-state index contributed by atoms with van der Waals surface area (Å²) in [6.45, 7) is 0. The summed E-state index contributed by atoms with van der Waals surface area (Å²) in [5.41, 5.74) is -0.0884. The summed E-state index contributed by atoms with van der Waals surface area (Å²) < 4.78 is 63.8. The Hall–Kier alpha value is -5.80. The minimum absolute atomic E-state index is 0.0103. The van der Waals surface area contributed by atoms with Gasteiger partial charge in [0.05, 0.1) is 16.8 Å². The predicted molar refractivity (Wildman–Crippen MR) is 176 cm³/mol. The maximum atomic E-state index is 16.0. The van der Waals surface area contributed by atoms with E-state index in [1.54, 1.807) is 92.8 Å². The highest BCUT2D eigenvalue weighted by molar-refractivity contribution is 5.88. The van der Waals surface area contributed by atoms with Crippen LogP contribution in [0.3, 0.4) is 0 Å². The van der Waals surface area contributed by atoms with Crippen LogP contribution in [0.1, 0.15) is 22.3 Å². The molecule has 4 aromatic rings. The SMILES string of the molecule is CN(C)N=Nc1ccc2c(c1)C(c1cc(F)c(N=NN(C)C)c(F)c1)(c1cc(F)c(N=NN(C)C)c(F)c1)c1cc(N=NN(C)C)ccc1-2. The molecule has 0 aliphatic heterocycles. The van der Waals surface area contributed by atoms with Crippen molar-refractivity contribution in [1.82, 2.24) is 20.0 Å². The molecule has 0 atom stereocenters. The van der Waals surface area contributed by atoms with Crippen molar-refractivity contribution in [3.63, 3.8) is 0 Å². The van der Waals surface area contributed by atoms with Crippen LogP contribution in [0.15, 0.2) is 102 Å². The smallest absolute Gasteiger partial charge is 0.159 e. The van der Waals surface area contributed by atoms with E-state index in [-0.39, 0.29) is 11.1 Å². The normalized spacial score (nSPS) is 15.5. The zero-order valence-corrected chi connectivity index (χ0v) is 28.2. The number of benzene rings is 4. The Balaban J connectivity index is 1.94. The zero-order chi connectivity index (χ0) is 35.6. The molecule has 0 fully saturated rings. The Labute approximate surface area is 280 Å². The Morgan fingerprint density at radius 3 is 1.04 bits per heavy atom. The van der Waals surface area contributed by atoms with Crippen molar-refractivity contribution in [1.29, 1.82) is 0 Å². The number of fused-ring (bicyclic) bond motifs is 3. The fraction of sp³-hybridized carbons (Fsp3) is 0.273. The van der Waals surface area contributed by atoms with Crippen LogP contribution in [0.25, 0.3) is 11.1 Å². The molecule has 16 heteroatoms. The summed E-state index contributed by atoms with van der Waals surface area (Å²) in [4.78, 5) is 0. The molecule has 5 rings (SSSR count). The van der Waals surface area contributed by atoms with Crippen LogP contribution in [0.4, 0.5) is 40.3 Å². The highest BCUT2D eigenvalue weighted by Crippen LogP contribution is 2.58. The molecule has 0 saturated heterocycles. The molecule has 12 nitrogen and oxygen atoms in total. The summed E-state index contributed by atoms with van der Waals surface area (Å²) in [5, 5.41) is 37.3. The fourth-order valence-corrected chi connectivity index (χ4v) is 5.52. The van der Waals surface area contributed by atoms with Crippen molar-refractivity contribution >= 4 is 22.7 Å². The van der Waals surface area contributed by atoms with Gasteiger partial charge in [0.2, 0.25) is 0 Å². The van der Waals surface area contributed by atoms with Gasteiger partial charge in [-0.1, -0.05) is 33.0 Å². The van der Waals surface area contributed by atoms with Gasteiger partial charge in [0.25, 0.3) is 0 Å². The van der Waals surface area contributed by atoms with Crippen molar-refractivity contribution in [3.8, 4) is 11.1 Å². The van der Waals surface area contributed by atoms with Crippen LogP contribution in [0.5, 0.6) is 0 Å². The summed E-state index contributed by atoms with van der Waals surface area (Å²) in [6.07, 6.45) is 0. The van der Waals surface area contributed by atoms with Gasteiger partial charge in [0.1, 0.15) is 0 Å². The standard InChI is InChI=1S/C33H34F4N12/c1-46(2)42-38-21-9-11-23-24-12-10-22(39-43-47(3)4)18-26(24)33(25(23)17-21,19-13-27(34)31(28(35)14-19)40-44-48(5)6)20-15-29(36)32(30(37)16-20)41-45-49(7)8/h9-18H,1-8H3. The van der Waals surface area contributed by atoms with Gasteiger partial charge in [-0.25, -0.2) is 17.6 Å². The molecule has 49 heavy (non-hydrogen) atoms. The van der Waals surface area contributed by atoms with E-state index < -0.39 is 40.1 Å². The van der Waals surface area contributed by atoms with Gasteiger partial charge >= 0.3 is 0 Å². The monoisotopic (exact) mass is 674 g/mol. The molecule has 0 N–H and O–H groups in total. The van der Waals surface area contributed by atoms with E-state index in [0.29, 0.717) is 33.6 Å². The molecular weight excluding hydrogens is 640 g/mol. The molecule has 0 aromatic heterocycles. The number of rotatable bonds is 10. The van der Waals surface area contributed by atoms with Crippen LogP contribution in [-0.2, 0) is 5.41 Å². The third kappa shape index (κ3) is 6.79. The number of hydrogen-bond donors (Lipinski definition) is 0. The third-order valence-corrected chi connectivity index (χ3v) is 7.33. The first kappa shape index (κ1) is 34.5. The summed E-state index contributed by atoms with van der Waals surface area (Å²) in [6, 6.07) is 14.7. The highest BCUT2D eigenvalue weighted by Gasteiger charge is 2.48. The summed E-state index contributed by atoms with van der Waals surface area (Å²) in [7, 11) is 13.0. The fourth-order valence-electron chi connectivity index (χ4n) is 5.52. The lowest BCUT2D eigenvalue weighted by Crippen LogP contribution is -2.29. The van der Waals surface area contributed by atoms with E-state index in [1.165, 1.54) is 20.0 Å². The molecular formula is C33H34F4N12. The van der Waals surface area contributed by atoms with Crippen molar-refractivity contribution in [2.24, 2.45) is 41.4 Å². The number of halogens is 4. The molecule has 0 saturated carbocycles. The van der Waals surface area contributed by atoms with E-state index in [1.807, 2.05) is 0 Å². The Bertz CT molecular complexity index is 1810. The molecule has 0 heterocycles. The van der Waals surface area contributed by atoms with Gasteiger partial charge in [-0.15, -0.1) is 20.5 Å². The zero-order valence-electron chi connectivity index (χ0n) is 28.2. The second kappa shape index (κ2) is 13.7. The van der Waals surface area contributed by atoms with E-state index in [2.05, 4.69) is 41.4 Å².